The minimum Gasteiger partial charge on any atom is -0.468 e. The highest BCUT2D eigenvalue weighted by Crippen LogP contribution is 2.17. The Kier molecular flexibility index (Phi) is 3.74. The van der Waals surface area contributed by atoms with E-state index >= 15 is 0 Å². The Bertz CT molecular complexity index is 456. The van der Waals surface area contributed by atoms with E-state index in [1.165, 1.54) is 12.1 Å². The fourth-order valence-corrected chi connectivity index (χ4v) is 1.89. The minimum absolute atomic E-state index is 0.235. The van der Waals surface area contributed by atoms with Gasteiger partial charge in [-0.15, -0.1) is 0 Å². The molecule has 4 heteroatoms. The largest absolute Gasteiger partial charge is 0.468 e. The topological polar surface area (TPSA) is 25.2 Å². The maximum Gasteiger partial charge on any atom is 0.124 e. The molecule has 2 nitrogen and oxygen atoms in total. The molecule has 1 heterocycles. The van der Waals surface area contributed by atoms with Crippen LogP contribution >= 0.6 is 15.9 Å². The molecule has 0 spiro atoms. The van der Waals surface area contributed by atoms with Crippen molar-refractivity contribution in [3.05, 3.63) is 58.2 Å². The van der Waals surface area contributed by atoms with Gasteiger partial charge in [-0.2, -0.15) is 0 Å². The summed E-state index contributed by atoms with van der Waals surface area (Å²) in [5, 5.41) is 3.22. The van der Waals surface area contributed by atoms with Gasteiger partial charge in [-0.25, -0.2) is 4.39 Å². The number of hydrogen-bond donors (Lipinski definition) is 1. The molecule has 0 saturated heterocycles. The molecule has 1 aromatic carbocycles. The van der Waals surface area contributed by atoms with Gasteiger partial charge in [0.15, 0.2) is 0 Å². The third-order valence-corrected chi connectivity index (χ3v) is 2.95. The van der Waals surface area contributed by atoms with Gasteiger partial charge >= 0.3 is 0 Å². The van der Waals surface area contributed by atoms with Crippen molar-refractivity contribution < 1.29 is 8.81 Å². The van der Waals surface area contributed by atoms with E-state index in [-0.39, 0.29) is 5.82 Å². The molecule has 2 aromatic rings. The zero-order chi connectivity index (χ0) is 11.4. The number of nitrogens with one attached hydrogen (secondary N) is 1. The van der Waals surface area contributed by atoms with Crippen LogP contribution in [0.4, 0.5) is 4.39 Å². The van der Waals surface area contributed by atoms with Crippen LogP contribution in [0.15, 0.2) is 45.5 Å². The molecule has 0 aliphatic carbocycles. The van der Waals surface area contributed by atoms with Crippen molar-refractivity contribution in [3.8, 4) is 0 Å². The molecule has 0 atom stereocenters. The summed E-state index contributed by atoms with van der Waals surface area (Å²) in [4.78, 5) is 0. The quantitative estimate of drug-likeness (QED) is 0.930. The minimum atomic E-state index is -0.235. The molecular weight excluding hydrogens is 273 g/mol. The second-order valence-electron chi connectivity index (χ2n) is 3.42. The zero-order valence-electron chi connectivity index (χ0n) is 8.54. The van der Waals surface area contributed by atoms with Crippen molar-refractivity contribution >= 4 is 15.9 Å². The molecule has 16 heavy (non-hydrogen) atoms. The van der Waals surface area contributed by atoms with Crippen LogP contribution in [0.25, 0.3) is 0 Å². The highest BCUT2D eigenvalue weighted by atomic mass is 79.9. The van der Waals surface area contributed by atoms with Gasteiger partial charge in [-0.05, 0) is 29.8 Å². The molecule has 1 N–H and O–H groups in total. The first-order chi connectivity index (χ1) is 7.75. The van der Waals surface area contributed by atoms with Crippen molar-refractivity contribution in [2.24, 2.45) is 0 Å². The smallest absolute Gasteiger partial charge is 0.124 e. The van der Waals surface area contributed by atoms with Crippen LogP contribution in [0.1, 0.15) is 11.3 Å². The molecule has 1 aromatic heterocycles. The van der Waals surface area contributed by atoms with Crippen LogP contribution in [-0.2, 0) is 13.1 Å². The molecule has 0 fully saturated rings. The molecule has 84 valence electrons. The molecule has 0 radical (unpaired) electrons. The molecule has 0 amide bonds. The summed E-state index contributed by atoms with van der Waals surface area (Å²) in [6, 6.07) is 8.44. The van der Waals surface area contributed by atoms with Gasteiger partial charge in [0, 0.05) is 11.0 Å². The Morgan fingerprint density at radius 2 is 2.12 bits per heavy atom. The number of halogens is 2. The predicted molar refractivity (Wildman–Crippen MR) is 63.4 cm³/mol. The average molecular weight is 284 g/mol. The van der Waals surface area contributed by atoms with Crippen LogP contribution < -0.4 is 5.32 Å². The summed E-state index contributed by atoms with van der Waals surface area (Å²) in [5.74, 6) is 0.653. The molecule has 0 aliphatic heterocycles. The van der Waals surface area contributed by atoms with Gasteiger partial charge in [-0.3, -0.25) is 0 Å². The van der Waals surface area contributed by atoms with Gasteiger partial charge in [0.1, 0.15) is 11.6 Å². The van der Waals surface area contributed by atoms with E-state index in [1.54, 1.807) is 12.3 Å². The number of benzene rings is 1. The van der Waals surface area contributed by atoms with E-state index < -0.39 is 0 Å². The molecule has 2 rings (SSSR count). The van der Waals surface area contributed by atoms with Gasteiger partial charge in [0.25, 0.3) is 0 Å². The summed E-state index contributed by atoms with van der Waals surface area (Å²) in [7, 11) is 0. The van der Waals surface area contributed by atoms with Gasteiger partial charge in [0.05, 0.1) is 12.8 Å². The Hall–Kier alpha value is -1.13. The van der Waals surface area contributed by atoms with Crippen molar-refractivity contribution in [2.45, 2.75) is 13.1 Å². The third-order valence-electron chi connectivity index (χ3n) is 2.21. The molecule has 0 unspecified atom stereocenters. The van der Waals surface area contributed by atoms with Crippen LogP contribution in [-0.4, -0.2) is 0 Å². The summed E-state index contributed by atoms with van der Waals surface area (Å²) in [6.45, 7) is 1.33. The zero-order valence-corrected chi connectivity index (χ0v) is 10.1. The average Bonchev–Trinajstić information content (AvgIpc) is 2.74. The van der Waals surface area contributed by atoms with Gasteiger partial charge in [0.2, 0.25) is 0 Å². The maximum absolute atomic E-state index is 12.8. The SMILES string of the molecule is Fc1ccc(CNCc2ccco2)c(Br)c1. The maximum atomic E-state index is 12.8. The predicted octanol–water partition coefficient (Wildman–Crippen LogP) is 3.47. The molecule has 0 saturated carbocycles. The molecule has 0 bridgehead atoms. The lowest BCUT2D eigenvalue weighted by Crippen LogP contribution is -2.12. The van der Waals surface area contributed by atoms with Crippen molar-refractivity contribution in [1.29, 1.82) is 0 Å². The Labute approximate surface area is 102 Å². The summed E-state index contributed by atoms with van der Waals surface area (Å²) >= 11 is 3.32. The van der Waals surface area contributed by atoms with E-state index in [1.807, 2.05) is 12.1 Å². The lowest BCUT2D eigenvalue weighted by molar-refractivity contribution is 0.482. The van der Waals surface area contributed by atoms with Gasteiger partial charge in [-0.1, -0.05) is 22.0 Å². The van der Waals surface area contributed by atoms with E-state index in [2.05, 4.69) is 21.2 Å². The monoisotopic (exact) mass is 283 g/mol. The number of furan rings is 1. The Balaban J connectivity index is 1.90. The van der Waals surface area contributed by atoms with Crippen LogP contribution in [0.5, 0.6) is 0 Å². The first-order valence-electron chi connectivity index (χ1n) is 4.93. The first-order valence-corrected chi connectivity index (χ1v) is 5.72. The van der Waals surface area contributed by atoms with Crippen molar-refractivity contribution in [1.82, 2.24) is 5.32 Å². The third kappa shape index (κ3) is 2.93. The van der Waals surface area contributed by atoms with Crippen LogP contribution in [0.2, 0.25) is 0 Å². The first kappa shape index (κ1) is 11.4. The fourth-order valence-electron chi connectivity index (χ4n) is 1.40. The second kappa shape index (κ2) is 5.27. The van der Waals surface area contributed by atoms with Crippen molar-refractivity contribution in [3.63, 3.8) is 0 Å². The number of rotatable bonds is 4. The number of hydrogen-bond acceptors (Lipinski definition) is 2. The Morgan fingerprint density at radius 3 is 2.81 bits per heavy atom. The normalized spacial score (nSPS) is 10.6. The lowest BCUT2D eigenvalue weighted by Gasteiger charge is -2.05. The molecule has 0 aliphatic rings. The van der Waals surface area contributed by atoms with E-state index in [9.17, 15) is 4.39 Å². The standard InChI is InChI=1S/C12H11BrFNO/c13-12-6-10(14)4-3-9(12)7-15-8-11-2-1-5-16-11/h1-6,15H,7-8H2. The second-order valence-corrected chi connectivity index (χ2v) is 4.27. The highest BCUT2D eigenvalue weighted by Gasteiger charge is 2.01. The van der Waals surface area contributed by atoms with E-state index in [0.29, 0.717) is 13.1 Å². The molecular formula is C12H11BrFNO. The fraction of sp³-hybridized carbons (Fsp3) is 0.167. The summed E-state index contributed by atoms with van der Waals surface area (Å²) < 4.78 is 18.8. The van der Waals surface area contributed by atoms with Crippen LogP contribution in [0.3, 0.4) is 0 Å². The summed E-state index contributed by atoms with van der Waals surface area (Å²) in [5.41, 5.74) is 1.02. The van der Waals surface area contributed by atoms with Crippen LogP contribution in [0, 0.1) is 5.82 Å². The Morgan fingerprint density at radius 1 is 1.25 bits per heavy atom. The van der Waals surface area contributed by atoms with E-state index in [4.69, 9.17) is 4.42 Å². The lowest BCUT2D eigenvalue weighted by atomic mass is 10.2. The van der Waals surface area contributed by atoms with Gasteiger partial charge < -0.3 is 9.73 Å². The van der Waals surface area contributed by atoms with E-state index in [0.717, 1.165) is 15.8 Å². The highest BCUT2D eigenvalue weighted by molar-refractivity contribution is 9.10. The van der Waals surface area contributed by atoms with Crippen molar-refractivity contribution in [2.75, 3.05) is 0 Å². The summed E-state index contributed by atoms with van der Waals surface area (Å²) in [6.07, 6.45) is 1.64.